The van der Waals surface area contributed by atoms with Crippen LogP contribution in [0.4, 0.5) is 4.79 Å². The molecule has 0 aliphatic heterocycles. The van der Waals surface area contributed by atoms with E-state index >= 15 is 0 Å². The Kier molecular flexibility index (Phi) is 9.84. The molecule has 0 bridgehead atoms. The average Bonchev–Trinajstić information content (AvgIpc) is 2.76. The van der Waals surface area contributed by atoms with Gasteiger partial charge in [-0.1, -0.05) is 78.1 Å². The van der Waals surface area contributed by atoms with Crippen molar-refractivity contribution in [3.8, 4) is 0 Å². The van der Waals surface area contributed by atoms with E-state index in [1.807, 2.05) is 0 Å². The lowest BCUT2D eigenvalue weighted by Crippen LogP contribution is -2.41. The zero-order chi connectivity index (χ0) is 21.2. The molecule has 0 spiro atoms. The van der Waals surface area contributed by atoms with Gasteiger partial charge >= 0.3 is 6.16 Å². The summed E-state index contributed by atoms with van der Waals surface area (Å²) >= 11 is 0. The third-order valence-corrected chi connectivity index (χ3v) is 8.54. The van der Waals surface area contributed by atoms with Crippen molar-refractivity contribution < 1.29 is 14.3 Å². The highest BCUT2D eigenvalue weighted by Crippen LogP contribution is 2.44. The lowest BCUT2D eigenvalue weighted by atomic mass is 9.68. The molecule has 3 fully saturated rings. The molecular formula is C27H48O3. The third-order valence-electron chi connectivity index (χ3n) is 8.54. The Morgan fingerprint density at radius 3 is 2.10 bits per heavy atom. The molecule has 3 aliphatic carbocycles. The Balaban J connectivity index is 1.41. The highest BCUT2D eigenvalue weighted by Gasteiger charge is 2.41. The molecule has 0 atom stereocenters. The maximum Gasteiger partial charge on any atom is 0.509 e. The monoisotopic (exact) mass is 420 g/mol. The topological polar surface area (TPSA) is 35.5 Å². The molecule has 0 radical (unpaired) electrons. The van der Waals surface area contributed by atoms with Crippen LogP contribution in [-0.2, 0) is 9.47 Å². The quantitative estimate of drug-likeness (QED) is 0.277. The maximum atomic E-state index is 12.7. The van der Waals surface area contributed by atoms with Crippen LogP contribution in [0.5, 0.6) is 0 Å². The highest BCUT2D eigenvalue weighted by atomic mass is 16.7. The predicted molar refractivity (Wildman–Crippen MR) is 124 cm³/mol. The van der Waals surface area contributed by atoms with Crippen molar-refractivity contribution in [1.29, 1.82) is 0 Å². The fourth-order valence-electron chi connectivity index (χ4n) is 6.66. The van der Waals surface area contributed by atoms with Crippen LogP contribution in [0.15, 0.2) is 0 Å². The molecule has 3 rings (SSSR count). The minimum Gasteiger partial charge on any atom is -0.431 e. The molecule has 174 valence electrons. The average molecular weight is 421 g/mol. The van der Waals surface area contributed by atoms with Crippen molar-refractivity contribution in [2.24, 2.45) is 17.8 Å². The summed E-state index contributed by atoms with van der Waals surface area (Å²) in [6.07, 6.45) is 23.3. The molecule has 30 heavy (non-hydrogen) atoms. The van der Waals surface area contributed by atoms with Crippen molar-refractivity contribution in [3.05, 3.63) is 0 Å². The van der Waals surface area contributed by atoms with Gasteiger partial charge in [-0.15, -0.1) is 0 Å². The maximum absolute atomic E-state index is 12.7. The summed E-state index contributed by atoms with van der Waals surface area (Å²) in [6.45, 7) is 4.48. The first kappa shape index (κ1) is 23.9. The normalized spacial score (nSPS) is 33.2. The summed E-state index contributed by atoms with van der Waals surface area (Å²) in [6, 6.07) is 0. The summed E-state index contributed by atoms with van der Waals surface area (Å²) in [5, 5.41) is 0. The number of unbranched alkanes of at least 4 members (excludes halogenated alkanes) is 2. The molecule has 3 nitrogen and oxygen atoms in total. The molecule has 3 heteroatoms. The van der Waals surface area contributed by atoms with Gasteiger partial charge in [-0.05, 0) is 75.5 Å². The van der Waals surface area contributed by atoms with Gasteiger partial charge in [-0.2, -0.15) is 0 Å². The van der Waals surface area contributed by atoms with E-state index in [4.69, 9.17) is 9.47 Å². The number of rotatable bonds is 9. The summed E-state index contributed by atoms with van der Waals surface area (Å²) in [5.74, 6) is 2.63. The molecule has 0 aromatic rings. The first-order chi connectivity index (χ1) is 14.6. The zero-order valence-corrected chi connectivity index (χ0v) is 20.0. The highest BCUT2D eigenvalue weighted by molar-refractivity contribution is 5.61. The van der Waals surface area contributed by atoms with Crippen LogP contribution in [0, 0.1) is 17.8 Å². The van der Waals surface area contributed by atoms with Crippen LogP contribution < -0.4 is 0 Å². The van der Waals surface area contributed by atoms with Gasteiger partial charge in [0, 0.05) is 0 Å². The summed E-state index contributed by atoms with van der Waals surface area (Å²) in [7, 11) is 0. The largest absolute Gasteiger partial charge is 0.509 e. The van der Waals surface area contributed by atoms with E-state index in [-0.39, 0.29) is 17.9 Å². The second-order valence-electron chi connectivity index (χ2n) is 10.8. The summed E-state index contributed by atoms with van der Waals surface area (Å²) in [5.41, 5.74) is -0.256. The molecule has 3 aliphatic rings. The van der Waals surface area contributed by atoms with Crippen molar-refractivity contribution in [2.75, 3.05) is 0 Å². The van der Waals surface area contributed by atoms with E-state index in [0.29, 0.717) is 0 Å². The molecule has 0 amide bonds. The van der Waals surface area contributed by atoms with E-state index in [1.165, 1.54) is 83.5 Å². The third kappa shape index (κ3) is 7.16. The fraction of sp³-hybridized carbons (Fsp3) is 0.963. The SMILES string of the molecule is CCCCCC1CCC(OC(=O)O[C@]2(CCC)CC[C@H](C3CCCCC3)CC2)CC1. The van der Waals surface area contributed by atoms with Crippen LogP contribution in [-0.4, -0.2) is 17.9 Å². The Hall–Kier alpha value is -0.730. The molecule has 0 aromatic heterocycles. The molecule has 0 unspecified atom stereocenters. The van der Waals surface area contributed by atoms with Crippen molar-refractivity contribution in [3.63, 3.8) is 0 Å². The van der Waals surface area contributed by atoms with Gasteiger partial charge in [0.15, 0.2) is 0 Å². The van der Waals surface area contributed by atoms with Crippen LogP contribution in [0.1, 0.15) is 136 Å². The van der Waals surface area contributed by atoms with Gasteiger partial charge in [0.05, 0.1) is 0 Å². The summed E-state index contributed by atoms with van der Waals surface area (Å²) in [4.78, 5) is 12.7. The van der Waals surface area contributed by atoms with Crippen molar-refractivity contribution in [1.82, 2.24) is 0 Å². The number of ether oxygens (including phenoxy) is 2. The van der Waals surface area contributed by atoms with Gasteiger partial charge in [-0.3, -0.25) is 0 Å². The van der Waals surface area contributed by atoms with E-state index in [0.717, 1.165) is 56.3 Å². The molecule has 0 heterocycles. The second-order valence-corrected chi connectivity index (χ2v) is 10.8. The second kappa shape index (κ2) is 12.3. The van der Waals surface area contributed by atoms with Crippen LogP contribution >= 0.6 is 0 Å². The van der Waals surface area contributed by atoms with Gasteiger partial charge in [0.2, 0.25) is 0 Å². The molecule has 3 saturated carbocycles. The minimum absolute atomic E-state index is 0.0807. The summed E-state index contributed by atoms with van der Waals surface area (Å²) < 4.78 is 11.9. The standard InChI is InChI=1S/C27H48O3/c1-3-5-7-10-22-13-15-25(16-14-22)29-26(28)30-27(19-4-2)20-17-24(18-21-27)23-11-8-6-9-12-23/h22-25H,3-21H2,1-2H3/t22?,24-,25?,27+. The number of hydrogen-bond donors (Lipinski definition) is 0. The Bertz CT molecular complexity index is 480. The fourth-order valence-corrected chi connectivity index (χ4v) is 6.66. The van der Waals surface area contributed by atoms with Crippen molar-refractivity contribution in [2.45, 2.75) is 148 Å². The van der Waals surface area contributed by atoms with Crippen LogP contribution in [0.2, 0.25) is 0 Å². The first-order valence-corrected chi connectivity index (χ1v) is 13.5. The molecule has 0 saturated heterocycles. The van der Waals surface area contributed by atoms with E-state index in [2.05, 4.69) is 13.8 Å². The van der Waals surface area contributed by atoms with E-state index in [1.54, 1.807) is 0 Å². The smallest absolute Gasteiger partial charge is 0.431 e. The minimum atomic E-state index is -0.381. The van der Waals surface area contributed by atoms with Gasteiger partial charge in [0.1, 0.15) is 11.7 Å². The van der Waals surface area contributed by atoms with Crippen LogP contribution in [0.3, 0.4) is 0 Å². The zero-order valence-electron chi connectivity index (χ0n) is 20.0. The Morgan fingerprint density at radius 2 is 1.47 bits per heavy atom. The first-order valence-electron chi connectivity index (χ1n) is 13.5. The van der Waals surface area contributed by atoms with Crippen molar-refractivity contribution >= 4 is 6.16 Å². The van der Waals surface area contributed by atoms with E-state index < -0.39 is 0 Å². The predicted octanol–water partition coefficient (Wildman–Crippen LogP) is 8.59. The molecule has 0 aromatic carbocycles. The molecular weight excluding hydrogens is 372 g/mol. The Morgan fingerprint density at radius 1 is 0.800 bits per heavy atom. The lowest BCUT2D eigenvalue weighted by molar-refractivity contribution is -0.0855. The van der Waals surface area contributed by atoms with Gasteiger partial charge in [-0.25, -0.2) is 4.79 Å². The number of carbonyl (C=O) groups excluding carboxylic acids is 1. The van der Waals surface area contributed by atoms with E-state index in [9.17, 15) is 4.79 Å². The molecule has 0 N–H and O–H groups in total. The van der Waals surface area contributed by atoms with Gasteiger partial charge < -0.3 is 9.47 Å². The number of carbonyl (C=O) groups is 1. The van der Waals surface area contributed by atoms with Crippen LogP contribution in [0.25, 0.3) is 0 Å². The van der Waals surface area contributed by atoms with Gasteiger partial charge in [0.25, 0.3) is 0 Å². The lowest BCUT2D eigenvalue weighted by Gasteiger charge is -2.42. The number of hydrogen-bond acceptors (Lipinski definition) is 3. The Labute approximate surface area is 186 Å².